The van der Waals surface area contributed by atoms with Crippen molar-refractivity contribution < 1.29 is 4.74 Å². The zero-order chi connectivity index (χ0) is 10.4. The van der Waals surface area contributed by atoms with Gasteiger partial charge in [0.25, 0.3) is 0 Å². The summed E-state index contributed by atoms with van der Waals surface area (Å²) in [5.41, 5.74) is 0. The Balaban J connectivity index is 2.15. The molecule has 1 rings (SSSR count). The Morgan fingerprint density at radius 1 is 1.57 bits per heavy atom. The lowest BCUT2D eigenvalue weighted by atomic mass is 10.1. The van der Waals surface area contributed by atoms with E-state index in [4.69, 9.17) is 10.00 Å². The molecule has 3 unspecified atom stereocenters. The van der Waals surface area contributed by atoms with Gasteiger partial charge in [-0.3, -0.25) is 0 Å². The molecule has 0 spiro atoms. The Hall–Kier alpha value is -0.590. The second-order valence-corrected chi connectivity index (χ2v) is 4.02. The Labute approximate surface area is 86.4 Å². The van der Waals surface area contributed by atoms with Gasteiger partial charge in [0, 0.05) is 12.6 Å². The van der Waals surface area contributed by atoms with Crippen molar-refractivity contribution >= 4 is 0 Å². The van der Waals surface area contributed by atoms with E-state index in [9.17, 15) is 0 Å². The van der Waals surface area contributed by atoms with Crippen LogP contribution in [0.4, 0.5) is 0 Å². The van der Waals surface area contributed by atoms with Crippen molar-refractivity contribution in [3.63, 3.8) is 0 Å². The van der Waals surface area contributed by atoms with Gasteiger partial charge in [0.15, 0.2) is 0 Å². The summed E-state index contributed by atoms with van der Waals surface area (Å²) in [5, 5.41) is 12.0. The predicted octanol–water partition coefficient (Wildman–Crippen LogP) is 1.84. The molecule has 0 saturated carbocycles. The van der Waals surface area contributed by atoms with Gasteiger partial charge in [-0.15, -0.1) is 0 Å². The fourth-order valence-electron chi connectivity index (χ4n) is 1.80. The number of rotatable bonds is 5. The van der Waals surface area contributed by atoms with Gasteiger partial charge in [0.1, 0.15) is 0 Å². The van der Waals surface area contributed by atoms with Gasteiger partial charge in [-0.1, -0.05) is 6.92 Å². The van der Waals surface area contributed by atoms with E-state index in [1.54, 1.807) is 0 Å². The van der Waals surface area contributed by atoms with Crippen molar-refractivity contribution in [2.75, 3.05) is 6.54 Å². The molecule has 0 aliphatic carbocycles. The number of nitriles is 1. The molecule has 14 heavy (non-hydrogen) atoms. The topological polar surface area (TPSA) is 45.0 Å². The summed E-state index contributed by atoms with van der Waals surface area (Å²) in [6.45, 7) is 5.12. The maximum Gasteiger partial charge on any atom is 0.0704 e. The first-order chi connectivity index (χ1) is 6.76. The minimum Gasteiger partial charge on any atom is -0.374 e. The monoisotopic (exact) mass is 196 g/mol. The number of hydrogen-bond donors (Lipinski definition) is 1. The van der Waals surface area contributed by atoms with Crippen LogP contribution in [0.2, 0.25) is 0 Å². The van der Waals surface area contributed by atoms with E-state index in [0.717, 1.165) is 19.4 Å². The van der Waals surface area contributed by atoms with E-state index in [-0.39, 0.29) is 0 Å². The molecule has 0 amide bonds. The van der Waals surface area contributed by atoms with E-state index in [0.29, 0.717) is 24.7 Å². The minimum absolute atomic E-state index is 0.333. The summed E-state index contributed by atoms with van der Waals surface area (Å²) in [6.07, 6.45) is 4.70. The Morgan fingerprint density at radius 3 is 2.86 bits per heavy atom. The summed E-state index contributed by atoms with van der Waals surface area (Å²) in [5.74, 6) is 0. The van der Waals surface area contributed by atoms with E-state index in [1.807, 2.05) is 0 Å². The molecule has 3 atom stereocenters. The SMILES string of the molecule is CCC(CC#N)NCC1CCC(C)O1. The number of ether oxygens (including phenoxy) is 1. The van der Waals surface area contributed by atoms with Crippen molar-refractivity contribution in [1.29, 1.82) is 5.26 Å². The second-order valence-electron chi connectivity index (χ2n) is 4.02. The molecule has 1 heterocycles. The van der Waals surface area contributed by atoms with Gasteiger partial charge in [-0.25, -0.2) is 0 Å². The van der Waals surface area contributed by atoms with Gasteiger partial charge < -0.3 is 10.1 Å². The Morgan fingerprint density at radius 2 is 2.36 bits per heavy atom. The fraction of sp³-hybridized carbons (Fsp3) is 0.909. The van der Waals surface area contributed by atoms with Crippen LogP contribution in [-0.2, 0) is 4.74 Å². The van der Waals surface area contributed by atoms with E-state index in [1.165, 1.54) is 6.42 Å². The van der Waals surface area contributed by atoms with Crippen molar-refractivity contribution in [3.05, 3.63) is 0 Å². The molecule has 1 aliphatic rings. The largest absolute Gasteiger partial charge is 0.374 e. The lowest BCUT2D eigenvalue weighted by Gasteiger charge is -2.17. The summed E-state index contributed by atoms with van der Waals surface area (Å²) >= 11 is 0. The van der Waals surface area contributed by atoms with Gasteiger partial charge in [-0.05, 0) is 26.2 Å². The molecule has 1 fully saturated rings. The third kappa shape index (κ3) is 3.65. The maximum atomic E-state index is 8.58. The first-order valence-electron chi connectivity index (χ1n) is 5.52. The van der Waals surface area contributed by atoms with Crippen LogP contribution in [0, 0.1) is 11.3 Å². The molecule has 3 nitrogen and oxygen atoms in total. The van der Waals surface area contributed by atoms with Crippen LogP contribution in [0.15, 0.2) is 0 Å². The van der Waals surface area contributed by atoms with E-state index >= 15 is 0 Å². The number of nitrogens with one attached hydrogen (secondary N) is 1. The standard InChI is InChI=1S/C11H20N2O/c1-3-10(6-7-12)13-8-11-5-4-9(2)14-11/h9-11,13H,3-6,8H2,1-2H3. The van der Waals surface area contributed by atoms with Crippen LogP contribution < -0.4 is 5.32 Å². The minimum atomic E-state index is 0.333. The quantitative estimate of drug-likeness (QED) is 0.729. The highest BCUT2D eigenvalue weighted by molar-refractivity contribution is 4.81. The highest BCUT2D eigenvalue weighted by atomic mass is 16.5. The molecule has 1 N–H and O–H groups in total. The first kappa shape index (κ1) is 11.5. The predicted molar refractivity (Wildman–Crippen MR) is 55.9 cm³/mol. The van der Waals surface area contributed by atoms with E-state index < -0.39 is 0 Å². The van der Waals surface area contributed by atoms with Gasteiger partial charge in [-0.2, -0.15) is 5.26 Å². The molecular formula is C11H20N2O. The molecule has 0 aromatic carbocycles. The molecule has 1 aliphatic heterocycles. The van der Waals surface area contributed by atoms with Crippen molar-refractivity contribution in [2.45, 2.75) is 57.8 Å². The highest BCUT2D eigenvalue weighted by Gasteiger charge is 2.21. The molecular weight excluding hydrogens is 176 g/mol. The van der Waals surface area contributed by atoms with Crippen LogP contribution in [0.3, 0.4) is 0 Å². The van der Waals surface area contributed by atoms with Crippen LogP contribution in [0.25, 0.3) is 0 Å². The normalized spacial score (nSPS) is 28.6. The van der Waals surface area contributed by atoms with Crippen LogP contribution >= 0.6 is 0 Å². The molecule has 0 aromatic heterocycles. The van der Waals surface area contributed by atoms with Gasteiger partial charge >= 0.3 is 0 Å². The zero-order valence-electron chi connectivity index (χ0n) is 9.12. The maximum absolute atomic E-state index is 8.58. The number of nitrogens with zero attached hydrogens (tertiary/aromatic N) is 1. The summed E-state index contributed by atoms with van der Waals surface area (Å²) in [7, 11) is 0. The smallest absolute Gasteiger partial charge is 0.0704 e. The second kappa shape index (κ2) is 6.00. The lowest BCUT2D eigenvalue weighted by molar-refractivity contribution is 0.0543. The average molecular weight is 196 g/mol. The molecule has 1 saturated heterocycles. The van der Waals surface area contributed by atoms with Crippen molar-refractivity contribution in [2.24, 2.45) is 0 Å². The van der Waals surface area contributed by atoms with Gasteiger partial charge in [0.2, 0.25) is 0 Å². The lowest BCUT2D eigenvalue weighted by Crippen LogP contribution is -2.35. The average Bonchev–Trinajstić information content (AvgIpc) is 2.59. The molecule has 0 radical (unpaired) electrons. The molecule has 3 heteroatoms. The zero-order valence-corrected chi connectivity index (χ0v) is 9.12. The Bertz CT molecular complexity index is 200. The third-order valence-corrected chi connectivity index (χ3v) is 2.78. The summed E-state index contributed by atoms with van der Waals surface area (Å²) < 4.78 is 5.69. The summed E-state index contributed by atoms with van der Waals surface area (Å²) in [4.78, 5) is 0. The van der Waals surface area contributed by atoms with Crippen molar-refractivity contribution in [3.8, 4) is 6.07 Å². The summed E-state index contributed by atoms with van der Waals surface area (Å²) in [6, 6.07) is 2.53. The van der Waals surface area contributed by atoms with Gasteiger partial charge in [0.05, 0.1) is 24.7 Å². The molecule has 0 bridgehead atoms. The molecule has 80 valence electrons. The van der Waals surface area contributed by atoms with Crippen LogP contribution in [0.5, 0.6) is 0 Å². The van der Waals surface area contributed by atoms with Crippen LogP contribution in [0.1, 0.15) is 39.5 Å². The van der Waals surface area contributed by atoms with Crippen LogP contribution in [-0.4, -0.2) is 24.8 Å². The Kier molecular flexibility index (Phi) is 4.92. The number of hydrogen-bond acceptors (Lipinski definition) is 3. The fourth-order valence-corrected chi connectivity index (χ4v) is 1.80. The van der Waals surface area contributed by atoms with Crippen molar-refractivity contribution in [1.82, 2.24) is 5.32 Å². The highest BCUT2D eigenvalue weighted by Crippen LogP contribution is 2.18. The van der Waals surface area contributed by atoms with E-state index in [2.05, 4.69) is 25.2 Å². The third-order valence-electron chi connectivity index (χ3n) is 2.78. The first-order valence-corrected chi connectivity index (χ1v) is 5.52. The molecule has 0 aromatic rings.